The number of para-hydroxylation sites is 3. The van der Waals surface area contributed by atoms with Gasteiger partial charge in [-0.2, -0.15) is 0 Å². The number of aromatic nitrogens is 5. The van der Waals surface area contributed by atoms with E-state index in [1.165, 1.54) is 10.8 Å². The molecule has 4 heterocycles. The highest BCUT2D eigenvalue weighted by Gasteiger charge is 2.20. The van der Waals surface area contributed by atoms with E-state index in [2.05, 4.69) is 174 Å². The van der Waals surface area contributed by atoms with Crippen molar-refractivity contribution >= 4 is 65.4 Å². The first-order valence-electron chi connectivity index (χ1n) is 21.5. The molecule has 0 saturated carbocycles. The molecule has 0 unspecified atom stereocenters. The van der Waals surface area contributed by atoms with Gasteiger partial charge in [-0.1, -0.05) is 176 Å². The highest BCUT2D eigenvalue weighted by molar-refractivity contribution is 6.24. The quantitative estimate of drug-likeness (QED) is 0.156. The van der Waals surface area contributed by atoms with Crippen molar-refractivity contribution in [2.75, 3.05) is 0 Å². The van der Waals surface area contributed by atoms with E-state index in [-0.39, 0.29) is 0 Å². The lowest BCUT2D eigenvalue weighted by Crippen LogP contribution is -2.01. The molecule has 4 aromatic heterocycles. The summed E-state index contributed by atoms with van der Waals surface area (Å²) < 4.78 is 8.95. The van der Waals surface area contributed by atoms with Crippen LogP contribution in [0.25, 0.3) is 128 Å². The molecule has 298 valence electrons. The van der Waals surface area contributed by atoms with Crippen LogP contribution in [0.2, 0.25) is 0 Å². The van der Waals surface area contributed by atoms with E-state index in [0.29, 0.717) is 17.5 Å². The Balaban J connectivity index is 0.907. The molecule has 0 N–H and O–H groups in total. The molecule has 6 nitrogen and oxygen atoms in total. The topological polar surface area (TPSA) is 69.6 Å². The average molecular weight is 818 g/mol. The summed E-state index contributed by atoms with van der Waals surface area (Å²) in [6.07, 6.45) is 0. The molecular weight excluding hydrogens is 783 g/mol. The SMILES string of the molecule is c1ccc(-c2nc(-c3ccc(-c4cccc(-c5nc6c7ccccc7ccc6c6c5oc5ccccc56)c4)cc3)nc(-c3cccc(-n4c5ccccc5c5ccccc54)c3)n2)cc1. The summed E-state index contributed by atoms with van der Waals surface area (Å²) in [7, 11) is 0. The first-order valence-corrected chi connectivity index (χ1v) is 21.5. The molecule has 0 radical (unpaired) electrons. The zero-order valence-electron chi connectivity index (χ0n) is 34.4. The minimum atomic E-state index is 0.603. The molecule has 64 heavy (non-hydrogen) atoms. The number of hydrogen-bond acceptors (Lipinski definition) is 5. The van der Waals surface area contributed by atoms with Crippen LogP contribution in [0, 0.1) is 0 Å². The summed E-state index contributed by atoms with van der Waals surface area (Å²) in [5.74, 6) is 1.83. The first-order chi connectivity index (χ1) is 31.7. The predicted octanol–water partition coefficient (Wildman–Crippen LogP) is 14.9. The minimum Gasteiger partial charge on any atom is -0.454 e. The molecule has 0 aliphatic rings. The molecule has 0 spiro atoms. The van der Waals surface area contributed by atoms with Gasteiger partial charge < -0.3 is 8.98 Å². The third-order valence-corrected chi connectivity index (χ3v) is 12.4. The smallest absolute Gasteiger partial charge is 0.164 e. The Bertz CT molecular complexity index is 3910. The normalized spacial score (nSPS) is 11.8. The molecule has 0 saturated heterocycles. The maximum Gasteiger partial charge on any atom is 0.164 e. The number of rotatable bonds is 6. The molecule has 6 heteroatoms. The van der Waals surface area contributed by atoms with E-state index in [1.807, 2.05) is 42.5 Å². The van der Waals surface area contributed by atoms with Crippen molar-refractivity contribution in [3.8, 4) is 62.2 Å². The lowest BCUT2D eigenvalue weighted by atomic mass is 9.97. The van der Waals surface area contributed by atoms with Gasteiger partial charge in [0.15, 0.2) is 23.1 Å². The van der Waals surface area contributed by atoms with E-state index in [4.69, 9.17) is 24.4 Å². The summed E-state index contributed by atoms with van der Waals surface area (Å²) in [5, 5.41) is 7.96. The Labute approximate surface area is 367 Å². The van der Waals surface area contributed by atoms with Crippen molar-refractivity contribution in [1.82, 2.24) is 24.5 Å². The fourth-order valence-electron chi connectivity index (χ4n) is 9.41. The van der Waals surface area contributed by atoms with Crippen LogP contribution in [-0.2, 0) is 0 Å². The van der Waals surface area contributed by atoms with E-state index < -0.39 is 0 Å². The third kappa shape index (κ3) is 5.81. The van der Waals surface area contributed by atoms with Gasteiger partial charge in [0.1, 0.15) is 11.3 Å². The number of benzene rings is 9. The van der Waals surface area contributed by atoms with Gasteiger partial charge in [0.25, 0.3) is 0 Å². The maximum atomic E-state index is 6.63. The average Bonchev–Trinajstić information content (AvgIpc) is 3.93. The van der Waals surface area contributed by atoms with E-state index in [0.717, 1.165) is 99.4 Å². The van der Waals surface area contributed by atoms with Gasteiger partial charge in [-0.3, -0.25) is 0 Å². The summed E-state index contributed by atoms with van der Waals surface area (Å²) >= 11 is 0. The van der Waals surface area contributed by atoms with Crippen molar-refractivity contribution < 1.29 is 4.42 Å². The number of hydrogen-bond donors (Lipinski definition) is 0. The zero-order valence-corrected chi connectivity index (χ0v) is 34.4. The zero-order chi connectivity index (χ0) is 42.1. The summed E-state index contributed by atoms with van der Waals surface area (Å²) in [6.45, 7) is 0. The Hall–Kier alpha value is -8.74. The number of furan rings is 1. The van der Waals surface area contributed by atoms with Crippen LogP contribution >= 0.6 is 0 Å². The second kappa shape index (κ2) is 14.4. The van der Waals surface area contributed by atoms with Crippen LogP contribution in [0.5, 0.6) is 0 Å². The molecular formula is C58H35N5O. The lowest BCUT2D eigenvalue weighted by Gasteiger charge is -2.12. The highest BCUT2D eigenvalue weighted by Crippen LogP contribution is 2.42. The Morgan fingerprint density at radius 2 is 0.906 bits per heavy atom. The number of fused-ring (bicyclic) bond motifs is 10. The van der Waals surface area contributed by atoms with Crippen molar-refractivity contribution in [3.05, 3.63) is 212 Å². The van der Waals surface area contributed by atoms with Crippen LogP contribution < -0.4 is 0 Å². The molecule has 0 amide bonds. The van der Waals surface area contributed by atoms with E-state index in [1.54, 1.807) is 0 Å². The predicted molar refractivity (Wildman–Crippen MR) is 261 cm³/mol. The molecule has 9 aromatic carbocycles. The van der Waals surface area contributed by atoms with Gasteiger partial charge in [-0.25, -0.2) is 19.9 Å². The second-order valence-electron chi connectivity index (χ2n) is 16.2. The highest BCUT2D eigenvalue weighted by atomic mass is 16.3. The van der Waals surface area contributed by atoms with Crippen molar-refractivity contribution in [1.29, 1.82) is 0 Å². The fourth-order valence-corrected chi connectivity index (χ4v) is 9.41. The molecule has 0 fully saturated rings. The molecule has 0 bridgehead atoms. The van der Waals surface area contributed by atoms with Crippen molar-refractivity contribution in [2.45, 2.75) is 0 Å². The van der Waals surface area contributed by atoms with Gasteiger partial charge in [0.2, 0.25) is 0 Å². The largest absolute Gasteiger partial charge is 0.454 e. The Morgan fingerprint density at radius 1 is 0.344 bits per heavy atom. The van der Waals surface area contributed by atoms with Gasteiger partial charge in [-0.05, 0) is 52.9 Å². The molecule has 13 rings (SSSR count). The van der Waals surface area contributed by atoms with Gasteiger partial charge in [-0.15, -0.1) is 0 Å². The van der Waals surface area contributed by atoms with Crippen LogP contribution in [0.4, 0.5) is 0 Å². The van der Waals surface area contributed by atoms with Crippen molar-refractivity contribution in [3.63, 3.8) is 0 Å². The lowest BCUT2D eigenvalue weighted by molar-refractivity contribution is 0.669. The Morgan fingerprint density at radius 3 is 1.67 bits per heavy atom. The standard InChI is InChI=1S/C58H35N5O/c1-2-15-38(16-3-1)56-60-57(62-58(61-56)42-19-13-20-43(35-42)63-49-25-9-6-22-45(49)46-23-7-10-26-50(46)63)39-30-28-36(29-31-39)40-17-12-18-41(34-40)53-55-52(47-24-8-11-27-51(47)64-55)48-33-32-37-14-4-5-21-44(37)54(48)59-53/h1-35H. The van der Waals surface area contributed by atoms with Crippen LogP contribution in [0.1, 0.15) is 0 Å². The van der Waals surface area contributed by atoms with Crippen LogP contribution in [0.15, 0.2) is 217 Å². The van der Waals surface area contributed by atoms with Gasteiger partial charge in [0, 0.05) is 60.3 Å². The van der Waals surface area contributed by atoms with Gasteiger partial charge >= 0.3 is 0 Å². The fraction of sp³-hybridized carbons (Fsp3) is 0. The summed E-state index contributed by atoms with van der Waals surface area (Å²) in [6, 6.07) is 73.8. The first kappa shape index (κ1) is 36.0. The van der Waals surface area contributed by atoms with Crippen LogP contribution in [-0.4, -0.2) is 24.5 Å². The second-order valence-corrected chi connectivity index (χ2v) is 16.2. The number of pyridine rings is 1. The maximum absolute atomic E-state index is 6.63. The van der Waals surface area contributed by atoms with E-state index >= 15 is 0 Å². The molecule has 0 aliphatic heterocycles. The van der Waals surface area contributed by atoms with E-state index in [9.17, 15) is 0 Å². The molecule has 0 atom stereocenters. The number of nitrogens with zero attached hydrogens (tertiary/aromatic N) is 5. The minimum absolute atomic E-state index is 0.603. The summed E-state index contributed by atoms with van der Waals surface area (Å²) in [4.78, 5) is 20.7. The van der Waals surface area contributed by atoms with Gasteiger partial charge in [0.05, 0.1) is 16.6 Å². The summed E-state index contributed by atoms with van der Waals surface area (Å²) in [5.41, 5.74) is 12.6. The monoisotopic (exact) mass is 817 g/mol. The molecule has 0 aliphatic carbocycles. The molecule has 13 aromatic rings. The third-order valence-electron chi connectivity index (χ3n) is 12.4. The van der Waals surface area contributed by atoms with Crippen molar-refractivity contribution in [2.24, 2.45) is 0 Å². The Kier molecular flexibility index (Phi) is 8.11. The van der Waals surface area contributed by atoms with Crippen LogP contribution in [0.3, 0.4) is 0 Å².